The van der Waals surface area contributed by atoms with E-state index in [4.69, 9.17) is 5.73 Å². The Bertz CT molecular complexity index is 1220. The number of alkyl halides is 3. The SMILES string of the molecule is Cc1ccc(-c2nc3[nH]nc(N)c3c(=O)n2-c2ccc(C(F)(F)F)cc2)cc1. The lowest BCUT2D eigenvalue weighted by Gasteiger charge is -2.14. The van der Waals surface area contributed by atoms with E-state index in [1.165, 1.54) is 16.7 Å². The molecule has 28 heavy (non-hydrogen) atoms. The molecule has 0 atom stereocenters. The Balaban J connectivity index is 2.01. The summed E-state index contributed by atoms with van der Waals surface area (Å²) in [4.78, 5) is 17.6. The van der Waals surface area contributed by atoms with Gasteiger partial charge in [0.25, 0.3) is 5.56 Å². The average molecular weight is 385 g/mol. The van der Waals surface area contributed by atoms with Crippen LogP contribution in [-0.2, 0) is 6.18 Å². The van der Waals surface area contributed by atoms with Gasteiger partial charge in [0.2, 0.25) is 0 Å². The van der Waals surface area contributed by atoms with Crippen molar-refractivity contribution in [3.8, 4) is 17.1 Å². The highest BCUT2D eigenvalue weighted by molar-refractivity contribution is 5.86. The first-order chi connectivity index (χ1) is 13.3. The van der Waals surface area contributed by atoms with E-state index in [2.05, 4.69) is 15.2 Å². The molecule has 3 N–H and O–H groups in total. The van der Waals surface area contributed by atoms with Crippen LogP contribution in [0.5, 0.6) is 0 Å². The largest absolute Gasteiger partial charge is 0.416 e. The Morgan fingerprint density at radius 2 is 1.68 bits per heavy atom. The summed E-state index contributed by atoms with van der Waals surface area (Å²) in [5.41, 5.74) is 6.53. The van der Waals surface area contributed by atoms with Crippen LogP contribution in [0.25, 0.3) is 28.1 Å². The number of fused-ring (bicyclic) bond motifs is 1. The van der Waals surface area contributed by atoms with Crippen LogP contribution in [-0.4, -0.2) is 19.7 Å². The Hall–Kier alpha value is -3.62. The third-order valence-electron chi connectivity index (χ3n) is 4.38. The molecule has 0 aliphatic rings. The second kappa shape index (κ2) is 6.22. The van der Waals surface area contributed by atoms with E-state index < -0.39 is 17.3 Å². The van der Waals surface area contributed by atoms with Gasteiger partial charge in [0.15, 0.2) is 11.5 Å². The summed E-state index contributed by atoms with van der Waals surface area (Å²) in [6.07, 6.45) is -4.47. The Labute approximate surface area is 156 Å². The van der Waals surface area contributed by atoms with Gasteiger partial charge in [0, 0.05) is 5.56 Å². The number of nitrogens with one attached hydrogen (secondary N) is 1. The first-order valence-corrected chi connectivity index (χ1v) is 8.27. The van der Waals surface area contributed by atoms with Crippen molar-refractivity contribution in [3.63, 3.8) is 0 Å². The molecule has 0 unspecified atom stereocenters. The topological polar surface area (TPSA) is 89.6 Å². The van der Waals surface area contributed by atoms with Crippen LogP contribution in [0.2, 0.25) is 0 Å². The highest BCUT2D eigenvalue weighted by Gasteiger charge is 2.30. The normalized spacial score (nSPS) is 11.9. The summed E-state index contributed by atoms with van der Waals surface area (Å²) in [5.74, 6) is 0.240. The van der Waals surface area contributed by atoms with Gasteiger partial charge in [0.1, 0.15) is 11.2 Å². The van der Waals surface area contributed by atoms with Crippen LogP contribution in [0.3, 0.4) is 0 Å². The molecule has 0 amide bonds. The molecular weight excluding hydrogens is 371 g/mol. The number of halogens is 3. The van der Waals surface area contributed by atoms with Crippen LogP contribution >= 0.6 is 0 Å². The second-order valence-electron chi connectivity index (χ2n) is 6.32. The van der Waals surface area contributed by atoms with Crippen LogP contribution < -0.4 is 11.3 Å². The van der Waals surface area contributed by atoms with Crippen LogP contribution in [0.1, 0.15) is 11.1 Å². The quantitative estimate of drug-likeness (QED) is 0.551. The number of H-pyrrole nitrogens is 1. The molecule has 0 spiro atoms. The van der Waals surface area contributed by atoms with E-state index in [1.807, 2.05) is 19.1 Å². The molecule has 9 heteroatoms. The zero-order valence-corrected chi connectivity index (χ0v) is 14.6. The first-order valence-electron chi connectivity index (χ1n) is 8.27. The minimum Gasteiger partial charge on any atom is -0.381 e. The fraction of sp³-hybridized carbons (Fsp3) is 0.105. The highest BCUT2D eigenvalue weighted by atomic mass is 19.4. The number of hydrogen-bond acceptors (Lipinski definition) is 4. The number of rotatable bonds is 2. The summed E-state index contributed by atoms with van der Waals surface area (Å²) in [5, 5.41) is 6.50. The summed E-state index contributed by atoms with van der Waals surface area (Å²) in [6, 6.07) is 11.6. The molecule has 0 radical (unpaired) electrons. The molecular formula is C19H14F3N5O. The van der Waals surface area contributed by atoms with Crippen LogP contribution in [0.4, 0.5) is 19.0 Å². The Kier molecular flexibility index (Phi) is 3.95. The molecule has 0 saturated carbocycles. The lowest BCUT2D eigenvalue weighted by Crippen LogP contribution is -2.22. The maximum Gasteiger partial charge on any atom is 0.416 e. The predicted molar refractivity (Wildman–Crippen MR) is 99.1 cm³/mol. The maximum absolute atomic E-state index is 13.1. The van der Waals surface area contributed by atoms with E-state index in [9.17, 15) is 18.0 Å². The van der Waals surface area contributed by atoms with Crippen molar-refractivity contribution in [2.24, 2.45) is 0 Å². The lowest BCUT2D eigenvalue weighted by molar-refractivity contribution is -0.137. The zero-order chi connectivity index (χ0) is 20.1. The van der Waals surface area contributed by atoms with Crippen LogP contribution in [0.15, 0.2) is 53.3 Å². The third-order valence-corrected chi connectivity index (χ3v) is 4.38. The summed E-state index contributed by atoms with van der Waals surface area (Å²) in [6.45, 7) is 1.92. The zero-order valence-electron chi connectivity index (χ0n) is 14.6. The molecule has 0 bridgehead atoms. The molecule has 0 fully saturated rings. The van der Waals surface area contributed by atoms with Crippen molar-refractivity contribution in [1.29, 1.82) is 0 Å². The summed E-state index contributed by atoms with van der Waals surface area (Å²) >= 11 is 0. The van der Waals surface area contributed by atoms with Gasteiger partial charge in [-0.15, -0.1) is 0 Å². The van der Waals surface area contributed by atoms with Crippen molar-refractivity contribution in [3.05, 3.63) is 70.0 Å². The number of aromatic nitrogens is 4. The molecule has 142 valence electrons. The van der Waals surface area contributed by atoms with Gasteiger partial charge in [-0.05, 0) is 31.2 Å². The number of benzene rings is 2. The number of aromatic amines is 1. The molecule has 0 aliphatic heterocycles. The van der Waals surface area contributed by atoms with Gasteiger partial charge in [0.05, 0.1) is 11.3 Å². The molecule has 2 heterocycles. The van der Waals surface area contributed by atoms with Gasteiger partial charge in [-0.3, -0.25) is 14.5 Å². The smallest absolute Gasteiger partial charge is 0.381 e. The monoisotopic (exact) mass is 385 g/mol. The standard InChI is InChI=1S/C19H14F3N5O/c1-10-2-4-11(5-3-10)17-24-16-14(15(23)25-26-16)18(28)27(17)13-8-6-12(7-9-13)19(20,21)22/h2-9H,1H3,(H3,23,25,26). The van der Waals surface area contributed by atoms with Gasteiger partial charge in [-0.25, -0.2) is 4.98 Å². The number of nitrogen functional groups attached to an aromatic ring is 1. The number of hydrogen-bond donors (Lipinski definition) is 2. The number of nitrogens with two attached hydrogens (primary N) is 1. The van der Waals surface area contributed by atoms with Gasteiger partial charge < -0.3 is 5.73 Å². The van der Waals surface area contributed by atoms with Crippen LogP contribution in [0, 0.1) is 6.92 Å². The van der Waals surface area contributed by atoms with E-state index >= 15 is 0 Å². The molecule has 4 rings (SSSR count). The summed E-state index contributed by atoms with van der Waals surface area (Å²) < 4.78 is 39.9. The average Bonchev–Trinajstić information content (AvgIpc) is 3.03. The van der Waals surface area contributed by atoms with Gasteiger partial charge >= 0.3 is 6.18 Å². The molecule has 4 aromatic rings. The van der Waals surface area contributed by atoms with E-state index in [-0.39, 0.29) is 28.4 Å². The van der Waals surface area contributed by atoms with E-state index in [0.717, 1.165) is 17.7 Å². The molecule has 0 saturated heterocycles. The molecule has 6 nitrogen and oxygen atoms in total. The van der Waals surface area contributed by atoms with Gasteiger partial charge in [-0.1, -0.05) is 29.8 Å². The Morgan fingerprint density at radius 1 is 1.04 bits per heavy atom. The fourth-order valence-electron chi connectivity index (χ4n) is 2.94. The molecule has 2 aromatic heterocycles. The second-order valence-corrected chi connectivity index (χ2v) is 6.32. The first kappa shape index (κ1) is 17.8. The van der Waals surface area contributed by atoms with Crippen molar-refractivity contribution in [2.75, 3.05) is 5.73 Å². The minimum atomic E-state index is -4.47. The Morgan fingerprint density at radius 3 is 2.29 bits per heavy atom. The van der Waals surface area contributed by atoms with Crippen molar-refractivity contribution < 1.29 is 13.2 Å². The molecule has 0 aliphatic carbocycles. The van der Waals surface area contributed by atoms with Crippen molar-refractivity contribution in [2.45, 2.75) is 13.1 Å². The van der Waals surface area contributed by atoms with Gasteiger partial charge in [-0.2, -0.15) is 18.3 Å². The molecule has 2 aromatic carbocycles. The maximum atomic E-state index is 13.1. The van der Waals surface area contributed by atoms with E-state index in [0.29, 0.717) is 5.56 Å². The number of anilines is 1. The van der Waals surface area contributed by atoms with Crippen molar-refractivity contribution in [1.82, 2.24) is 19.7 Å². The third kappa shape index (κ3) is 2.90. The van der Waals surface area contributed by atoms with E-state index in [1.54, 1.807) is 12.1 Å². The fourth-order valence-corrected chi connectivity index (χ4v) is 2.94. The minimum absolute atomic E-state index is 0.0244. The number of aryl methyl sites for hydroxylation is 1. The summed E-state index contributed by atoms with van der Waals surface area (Å²) in [7, 11) is 0. The predicted octanol–water partition coefficient (Wildman–Crippen LogP) is 3.69. The number of nitrogens with zero attached hydrogens (tertiary/aromatic N) is 3. The highest BCUT2D eigenvalue weighted by Crippen LogP contribution is 2.30. The lowest BCUT2D eigenvalue weighted by atomic mass is 10.1. The van der Waals surface area contributed by atoms with Crippen molar-refractivity contribution >= 4 is 16.9 Å².